The third kappa shape index (κ3) is 3.46. The van der Waals surface area contributed by atoms with Gasteiger partial charge in [0.1, 0.15) is 5.82 Å². The largest absolute Gasteiger partial charge is 0.354 e. The molecule has 1 atom stereocenters. The van der Waals surface area contributed by atoms with Crippen molar-refractivity contribution in [3.8, 4) is 5.69 Å². The highest BCUT2D eigenvalue weighted by Gasteiger charge is 2.13. The summed E-state index contributed by atoms with van der Waals surface area (Å²) in [5.41, 5.74) is 7.78. The van der Waals surface area contributed by atoms with Crippen molar-refractivity contribution in [2.45, 2.75) is 25.8 Å². The van der Waals surface area contributed by atoms with Gasteiger partial charge in [0.2, 0.25) is 0 Å². The van der Waals surface area contributed by atoms with E-state index in [1.165, 1.54) is 12.1 Å². The van der Waals surface area contributed by atoms with E-state index < -0.39 is 0 Å². The first-order valence-corrected chi connectivity index (χ1v) is 6.87. The number of nitrogens with two attached hydrogens (primary N) is 1. The molecule has 1 aromatic heterocycles. The minimum absolute atomic E-state index is 0.0421. The number of benzene rings is 1. The van der Waals surface area contributed by atoms with Crippen LogP contribution >= 0.6 is 0 Å². The Hall–Kier alpha value is -2.21. The number of carbonyl (C=O) groups excluding carboxylic acids is 1. The molecular formula is C15H19FN4O. The lowest BCUT2D eigenvalue weighted by Crippen LogP contribution is -2.22. The Bertz CT molecular complexity index is 638. The van der Waals surface area contributed by atoms with Crippen LogP contribution in [0, 0.1) is 5.82 Å². The molecule has 0 aliphatic rings. The van der Waals surface area contributed by atoms with Crippen LogP contribution in [-0.2, 0) is 6.42 Å². The van der Waals surface area contributed by atoms with Crippen molar-refractivity contribution in [1.29, 1.82) is 0 Å². The first-order chi connectivity index (χ1) is 10.0. The molecule has 21 heavy (non-hydrogen) atoms. The fraction of sp³-hybridized carbons (Fsp3) is 0.333. The molecule has 1 heterocycles. The van der Waals surface area contributed by atoms with Gasteiger partial charge >= 0.3 is 0 Å². The Kier molecular flexibility index (Phi) is 4.70. The zero-order valence-electron chi connectivity index (χ0n) is 12.1. The zero-order chi connectivity index (χ0) is 15.4. The molecule has 2 rings (SSSR count). The SMILES string of the molecule is CCC(N)Cc1cc(F)ccc1-n1ccc(C(=O)NC)n1. The van der Waals surface area contributed by atoms with Gasteiger partial charge in [0.15, 0.2) is 5.69 Å². The van der Waals surface area contributed by atoms with E-state index in [0.717, 1.165) is 17.7 Å². The van der Waals surface area contributed by atoms with E-state index in [-0.39, 0.29) is 17.8 Å². The molecule has 0 saturated carbocycles. The van der Waals surface area contributed by atoms with Crippen LogP contribution in [0.1, 0.15) is 29.4 Å². The van der Waals surface area contributed by atoms with Crippen molar-refractivity contribution in [2.24, 2.45) is 5.73 Å². The molecule has 0 aliphatic carbocycles. The van der Waals surface area contributed by atoms with Crippen LogP contribution in [0.25, 0.3) is 5.69 Å². The number of rotatable bonds is 5. The first-order valence-electron chi connectivity index (χ1n) is 6.87. The van der Waals surface area contributed by atoms with E-state index in [4.69, 9.17) is 5.73 Å². The van der Waals surface area contributed by atoms with E-state index in [1.807, 2.05) is 6.92 Å². The summed E-state index contributed by atoms with van der Waals surface area (Å²) in [7, 11) is 1.55. The summed E-state index contributed by atoms with van der Waals surface area (Å²) in [6.45, 7) is 1.99. The predicted octanol–water partition coefficient (Wildman–Crippen LogP) is 1.65. The van der Waals surface area contributed by atoms with E-state index in [1.54, 1.807) is 30.1 Å². The number of amides is 1. The average molecular weight is 290 g/mol. The molecule has 5 nitrogen and oxygen atoms in total. The van der Waals surface area contributed by atoms with Gasteiger partial charge in [-0.3, -0.25) is 4.79 Å². The maximum atomic E-state index is 13.5. The van der Waals surface area contributed by atoms with Gasteiger partial charge in [-0.2, -0.15) is 5.10 Å². The summed E-state index contributed by atoms with van der Waals surface area (Å²) in [5, 5.41) is 6.73. The van der Waals surface area contributed by atoms with Crippen molar-refractivity contribution in [3.63, 3.8) is 0 Å². The van der Waals surface area contributed by atoms with Crippen LogP contribution < -0.4 is 11.1 Å². The van der Waals surface area contributed by atoms with Gasteiger partial charge < -0.3 is 11.1 Å². The Balaban J connectivity index is 2.38. The number of nitrogens with zero attached hydrogens (tertiary/aromatic N) is 2. The Morgan fingerprint density at radius 3 is 2.90 bits per heavy atom. The van der Waals surface area contributed by atoms with Crippen molar-refractivity contribution in [3.05, 3.63) is 47.5 Å². The van der Waals surface area contributed by atoms with Gasteiger partial charge in [-0.15, -0.1) is 0 Å². The lowest BCUT2D eigenvalue weighted by Gasteiger charge is -2.13. The fourth-order valence-corrected chi connectivity index (χ4v) is 2.08. The maximum Gasteiger partial charge on any atom is 0.271 e. The minimum atomic E-state index is -0.310. The topological polar surface area (TPSA) is 72.9 Å². The smallest absolute Gasteiger partial charge is 0.271 e. The summed E-state index contributed by atoms with van der Waals surface area (Å²) in [6.07, 6.45) is 3.04. The second kappa shape index (κ2) is 6.49. The number of carbonyl (C=O) groups is 1. The minimum Gasteiger partial charge on any atom is -0.354 e. The maximum absolute atomic E-state index is 13.5. The van der Waals surface area contributed by atoms with Gasteiger partial charge in [0, 0.05) is 19.3 Å². The quantitative estimate of drug-likeness (QED) is 0.879. The summed E-state index contributed by atoms with van der Waals surface area (Å²) >= 11 is 0. The predicted molar refractivity (Wildman–Crippen MR) is 78.9 cm³/mol. The number of aromatic nitrogens is 2. The van der Waals surface area contributed by atoms with Gasteiger partial charge in [0.25, 0.3) is 5.91 Å². The molecule has 0 aliphatic heterocycles. The van der Waals surface area contributed by atoms with E-state index >= 15 is 0 Å². The lowest BCUT2D eigenvalue weighted by molar-refractivity contribution is 0.0957. The average Bonchev–Trinajstić information content (AvgIpc) is 2.96. The van der Waals surface area contributed by atoms with Gasteiger partial charge in [-0.1, -0.05) is 6.92 Å². The molecule has 6 heteroatoms. The van der Waals surface area contributed by atoms with Gasteiger partial charge in [-0.05, 0) is 42.7 Å². The highest BCUT2D eigenvalue weighted by molar-refractivity contribution is 5.91. The highest BCUT2D eigenvalue weighted by Crippen LogP contribution is 2.18. The van der Waals surface area contributed by atoms with Crippen LogP contribution in [0.4, 0.5) is 4.39 Å². The Labute approximate surface area is 123 Å². The number of hydrogen-bond acceptors (Lipinski definition) is 3. The van der Waals surface area contributed by atoms with Gasteiger partial charge in [-0.25, -0.2) is 9.07 Å². The molecule has 0 spiro atoms. The van der Waals surface area contributed by atoms with Crippen molar-refractivity contribution in [2.75, 3.05) is 7.05 Å². The second-order valence-corrected chi connectivity index (χ2v) is 4.87. The summed E-state index contributed by atoms with van der Waals surface area (Å²) in [4.78, 5) is 11.6. The molecule has 3 N–H and O–H groups in total. The van der Waals surface area contributed by atoms with Crippen molar-refractivity contribution >= 4 is 5.91 Å². The van der Waals surface area contributed by atoms with E-state index in [0.29, 0.717) is 12.1 Å². The summed E-state index contributed by atoms with van der Waals surface area (Å²) in [6, 6.07) is 6.06. The summed E-state index contributed by atoms with van der Waals surface area (Å²) in [5.74, 6) is -0.571. The molecular weight excluding hydrogens is 271 g/mol. The van der Waals surface area contributed by atoms with E-state index in [2.05, 4.69) is 10.4 Å². The molecule has 1 amide bonds. The molecule has 0 radical (unpaired) electrons. The van der Waals surface area contributed by atoms with Crippen molar-refractivity contribution < 1.29 is 9.18 Å². The van der Waals surface area contributed by atoms with Crippen LogP contribution in [0.5, 0.6) is 0 Å². The third-order valence-electron chi connectivity index (χ3n) is 3.34. The Morgan fingerprint density at radius 2 is 2.24 bits per heavy atom. The standard InChI is InChI=1S/C15H19FN4O/c1-3-12(17)9-10-8-11(16)4-5-14(10)20-7-6-13(19-20)15(21)18-2/h4-8,12H,3,9,17H2,1-2H3,(H,18,21). The molecule has 0 bridgehead atoms. The monoisotopic (exact) mass is 290 g/mol. The highest BCUT2D eigenvalue weighted by atomic mass is 19.1. The van der Waals surface area contributed by atoms with E-state index in [9.17, 15) is 9.18 Å². The van der Waals surface area contributed by atoms with Crippen LogP contribution in [0.3, 0.4) is 0 Å². The zero-order valence-corrected chi connectivity index (χ0v) is 12.1. The molecule has 2 aromatic rings. The third-order valence-corrected chi connectivity index (χ3v) is 3.34. The molecule has 0 fully saturated rings. The molecule has 0 saturated heterocycles. The number of halogens is 1. The fourth-order valence-electron chi connectivity index (χ4n) is 2.08. The van der Waals surface area contributed by atoms with Crippen LogP contribution in [0.15, 0.2) is 30.5 Å². The molecule has 112 valence electrons. The number of hydrogen-bond donors (Lipinski definition) is 2. The molecule has 1 aromatic carbocycles. The second-order valence-electron chi connectivity index (χ2n) is 4.87. The van der Waals surface area contributed by atoms with Crippen LogP contribution in [-0.4, -0.2) is 28.8 Å². The van der Waals surface area contributed by atoms with Crippen LogP contribution in [0.2, 0.25) is 0 Å². The van der Waals surface area contributed by atoms with Gasteiger partial charge in [0.05, 0.1) is 5.69 Å². The summed E-state index contributed by atoms with van der Waals surface area (Å²) < 4.78 is 15.0. The lowest BCUT2D eigenvalue weighted by atomic mass is 10.0. The first kappa shape index (κ1) is 15.2. The Morgan fingerprint density at radius 1 is 1.48 bits per heavy atom. The molecule has 1 unspecified atom stereocenters. The van der Waals surface area contributed by atoms with Crippen molar-refractivity contribution in [1.82, 2.24) is 15.1 Å². The number of nitrogens with one attached hydrogen (secondary N) is 1. The normalized spacial score (nSPS) is 12.2.